The number of hydrogen-bond acceptors (Lipinski definition) is 4. The third-order valence-electron chi connectivity index (χ3n) is 4.38. The molecule has 27 heavy (non-hydrogen) atoms. The molecular formula is C21H25ClN2O3. The molecule has 0 radical (unpaired) electrons. The van der Waals surface area contributed by atoms with E-state index in [1.54, 1.807) is 24.3 Å². The standard InChI is InChI=1S/C21H25ClN2O3/c1-16(2)27-20-6-4-3-5-19(20)23-11-13-24(14-12-23)21(25)15-26-18-9-7-17(22)8-10-18/h3-10,16H,11-15H2,1-2H3. The van der Waals surface area contributed by atoms with Crippen molar-refractivity contribution in [1.29, 1.82) is 0 Å². The summed E-state index contributed by atoms with van der Waals surface area (Å²) in [5, 5.41) is 0.645. The lowest BCUT2D eigenvalue weighted by Gasteiger charge is -2.36. The number of benzene rings is 2. The highest BCUT2D eigenvalue weighted by molar-refractivity contribution is 6.30. The molecule has 5 nitrogen and oxygen atoms in total. The third kappa shape index (κ3) is 5.30. The number of halogens is 1. The van der Waals surface area contributed by atoms with Gasteiger partial charge in [-0.3, -0.25) is 4.79 Å². The Balaban J connectivity index is 1.53. The number of ether oxygens (including phenoxy) is 2. The number of para-hydroxylation sites is 2. The first-order valence-electron chi connectivity index (χ1n) is 9.19. The number of carbonyl (C=O) groups excluding carboxylic acids is 1. The van der Waals surface area contributed by atoms with Crippen LogP contribution in [0, 0.1) is 0 Å². The van der Waals surface area contributed by atoms with E-state index in [1.807, 2.05) is 36.9 Å². The number of rotatable bonds is 6. The van der Waals surface area contributed by atoms with Gasteiger partial charge < -0.3 is 19.3 Å². The summed E-state index contributed by atoms with van der Waals surface area (Å²) >= 11 is 5.85. The third-order valence-corrected chi connectivity index (χ3v) is 4.63. The Morgan fingerprint density at radius 2 is 1.70 bits per heavy atom. The molecule has 0 unspecified atom stereocenters. The Kier molecular flexibility index (Phi) is 6.45. The van der Waals surface area contributed by atoms with Crippen molar-refractivity contribution in [2.75, 3.05) is 37.7 Å². The summed E-state index contributed by atoms with van der Waals surface area (Å²) in [6.07, 6.45) is 0.124. The van der Waals surface area contributed by atoms with Gasteiger partial charge in [0, 0.05) is 31.2 Å². The fraction of sp³-hybridized carbons (Fsp3) is 0.381. The number of nitrogens with zero attached hydrogens (tertiary/aromatic N) is 2. The molecule has 0 saturated carbocycles. The highest BCUT2D eigenvalue weighted by Gasteiger charge is 2.23. The molecular weight excluding hydrogens is 364 g/mol. The fourth-order valence-corrected chi connectivity index (χ4v) is 3.16. The predicted octanol–water partition coefficient (Wildman–Crippen LogP) is 3.85. The number of amides is 1. The van der Waals surface area contributed by atoms with Crippen molar-refractivity contribution < 1.29 is 14.3 Å². The lowest BCUT2D eigenvalue weighted by atomic mass is 10.2. The number of anilines is 1. The van der Waals surface area contributed by atoms with Crippen molar-refractivity contribution in [3.63, 3.8) is 0 Å². The zero-order valence-corrected chi connectivity index (χ0v) is 16.5. The van der Waals surface area contributed by atoms with Crippen molar-refractivity contribution in [3.8, 4) is 11.5 Å². The summed E-state index contributed by atoms with van der Waals surface area (Å²) in [5.41, 5.74) is 1.08. The van der Waals surface area contributed by atoms with Gasteiger partial charge in [-0.2, -0.15) is 0 Å². The van der Waals surface area contributed by atoms with E-state index >= 15 is 0 Å². The van der Waals surface area contributed by atoms with E-state index in [1.165, 1.54) is 0 Å². The lowest BCUT2D eigenvalue weighted by molar-refractivity contribution is -0.133. The van der Waals surface area contributed by atoms with Crippen LogP contribution in [0.2, 0.25) is 5.02 Å². The first kappa shape index (κ1) is 19.4. The van der Waals surface area contributed by atoms with E-state index in [4.69, 9.17) is 21.1 Å². The van der Waals surface area contributed by atoms with Crippen LogP contribution >= 0.6 is 11.6 Å². The molecule has 3 rings (SSSR count). The van der Waals surface area contributed by atoms with Crippen LogP contribution < -0.4 is 14.4 Å². The quantitative estimate of drug-likeness (QED) is 0.753. The van der Waals surface area contributed by atoms with Crippen LogP contribution in [0.5, 0.6) is 11.5 Å². The van der Waals surface area contributed by atoms with Crippen molar-refractivity contribution >= 4 is 23.2 Å². The monoisotopic (exact) mass is 388 g/mol. The van der Waals surface area contributed by atoms with Gasteiger partial charge in [0.1, 0.15) is 11.5 Å². The molecule has 0 N–H and O–H groups in total. The second-order valence-electron chi connectivity index (χ2n) is 6.74. The zero-order valence-electron chi connectivity index (χ0n) is 15.7. The van der Waals surface area contributed by atoms with Crippen LogP contribution in [0.1, 0.15) is 13.8 Å². The topological polar surface area (TPSA) is 42.0 Å². The van der Waals surface area contributed by atoms with Crippen molar-refractivity contribution in [2.24, 2.45) is 0 Å². The van der Waals surface area contributed by atoms with Crippen LogP contribution in [-0.2, 0) is 4.79 Å². The first-order valence-corrected chi connectivity index (χ1v) is 9.57. The molecule has 144 valence electrons. The van der Waals surface area contributed by atoms with Crippen molar-refractivity contribution in [2.45, 2.75) is 20.0 Å². The molecule has 1 fully saturated rings. The molecule has 0 bridgehead atoms. The van der Waals surface area contributed by atoms with Crippen LogP contribution in [-0.4, -0.2) is 49.7 Å². The molecule has 2 aromatic rings. The molecule has 1 aliphatic rings. The summed E-state index contributed by atoms with van der Waals surface area (Å²) < 4.78 is 11.5. The second kappa shape index (κ2) is 9.00. The summed E-state index contributed by atoms with van der Waals surface area (Å²) in [4.78, 5) is 16.5. The van der Waals surface area contributed by atoms with E-state index in [0.717, 1.165) is 24.5 Å². The average Bonchev–Trinajstić information content (AvgIpc) is 2.67. The van der Waals surface area contributed by atoms with Gasteiger partial charge in [-0.15, -0.1) is 0 Å². The molecule has 0 spiro atoms. The normalized spacial score (nSPS) is 14.4. The van der Waals surface area contributed by atoms with Gasteiger partial charge in [0.2, 0.25) is 0 Å². The molecule has 1 amide bonds. The predicted molar refractivity (Wildman–Crippen MR) is 108 cm³/mol. The molecule has 0 aliphatic carbocycles. The molecule has 1 heterocycles. The maximum atomic E-state index is 12.4. The average molecular weight is 389 g/mol. The Labute approximate surface area is 165 Å². The summed E-state index contributed by atoms with van der Waals surface area (Å²) in [6.45, 7) is 6.95. The van der Waals surface area contributed by atoms with Crippen LogP contribution in [0.4, 0.5) is 5.69 Å². The van der Waals surface area contributed by atoms with Gasteiger partial charge in [0.15, 0.2) is 6.61 Å². The molecule has 2 aromatic carbocycles. The molecule has 1 aliphatic heterocycles. The SMILES string of the molecule is CC(C)Oc1ccccc1N1CCN(C(=O)COc2ccc(Cl)cc2)CC1. The Bertz CT molecular complexity index is 756. The zero-order chi connectivity index (χ0) is 19.2. The van der Waals surface area contributed by atoms with Crippen LogP contribution in [0.25, 0.3) is 0 Å². The van der Waals surface area contributed by atoms with E-state index in [0.29, 0.717) is 23.9 Å². The highest BCUT2D eigenvalue weighted by atomic mass is 35.5. The highest BCUT2D eigenvalue weighted by Crippen LogP contribution is 2.29. The smallest absolute Gasteiger partial charge is 0.260 e. The van der Waals surface area contributed by atoms with Gasteiger partial charge in [-0.05, 0) is 50.2 Å². The van der Waals surface area contributed by atoms with Gasteiger partial charge in [0.05, 0.1) is 11.8 Å². The van der Waals surface area contributed by atoms with E-state index < -0.39 is 0 Å². The van der Waals surface area contributed by atoms with Crippen LogP contribution in [0.15, 0.2) is 48.5 Å². The number of carbonyl (C=O) groups is 1. The Morgan fingerprint density at radius 1 is 1.04 bits per heavy atom. The second-order valence-corrected chi connectivity index (χ2v) is 7.18. The Morgan fingerprint density at radius 3 is 2.37 bits per heavy atom. The maximum Gasteiger partial charge on any atom is 0.260 e. The van der Waals surface area contributed by atoms with E-state index in [9.17, 15) is 4.79 Å². The minimum atomic E-state index is -0.00341. The molecule has 6 heteroatoms. The fourth-order valence-electron chi connectivity index (χ4n) is 3.04. The number of hydrogen-bond donors (Lipinski definition) is 0. The van der Waals surface area contributed by atoms with E-state index in [2.05, 4.69) is 11.0 Å². The summed E-state index contributed by atoms with van der Waals surface area (Å²) in [5.74, 6) is 1.53. The largest absolute Gasteiger partial charge is 0.489 e. The van der Waals surface area contributed by atoms with Gasteiger partial charge in [-0.1, -0.05) is 23.7 Å². The summed E-state index contributed by atoms with van der Waals surface area (Å²) in [6, 6.07) is 15.1. The maximum absolute atomic E-state index is 12.4. The van der Waals surface area contributed by atoms with Crippen molar-refractivity contribution in [3.05, 3.63) is 53.6 Å². The minimum absolute atomic E-state index is 0.00341. The first-order chi connectivity index (χ1) is 13.0. The molecule has 0 atom stereocenters. The molecule has 0 aromatic heterocycles. The van der Waals surface area contributed by atoms with E-state index in [-0.39, 0.29) is 18.6 Å². The van der Waals surface area contributed by atoms with Gasteiger partial charge in [0.25, 0.3) is 5.91 Å². The van der Waals surface area contributed by atoms with Gasteiger partial charge in [-0.25, -0.2) is 0 Å². The number of piperazine rings is 1. The van der Waals surface area contributed by atoms with Gasteiger partial charge >= 0.3 is 0 Å². The minimum Gasteiger partial charge on any atom is -0.489 e. The summed E-state index contributed by atoms with van der Waals surface area (Å²) in [7, 11) is 0. The van der Waals surface area contributed by atoms with Crippen LogP contribution in [0.3, 0.4) is 0 Å². The lowest BCUT2D eigenvalue weighted by Crippen LogP contribution is -2.50. The molecule has 1 saturated heterocycles. The van der Waals surface area contributed by atoms with Crippen molar-refractivity contribution in [1.82, 2.24) is 4.90 Å². The Hall–Kier alpha value is -2.40.